The summed E-state index contributed by atoms with van der Waals surface area (Å²) >= 11 is 0. The Morgan fingerprint density at radius 2 is 1.81 bits per heavy atom. The monoisotopic (exact) mass is 292 g/mol. The third-order valence-corrected chi connectivity index (χ3v) is 3.98. The van der Waals surface area contributed by atoms with Gasteiger partial charge in [0.1, 0.15) is 5.54 Å². The Balaban J connectivity index is 3.00. The van der Waals surface area contributed by atoms with Crippen LogP contribution in [-0.2, 0) is 4.79 Å². The van der Waals surface area contributed by atoms with Crippen LogP contribution in [0.1, 0.15) is 37.8 Å². The van der Waals surface area contributed by atoms with Crippen LogP contribution in [0.25, 0.3) is 0 Å². The number of anilines is 1. The molecule has 2 N–H and O–H groups in total. The van der Waals surface area contributed by atoms with Crippen molar-refractivity contribution in [2.45, 2.75) is 46.1 Å². The number of amides is 2. The molecule has 0 radical (unpaired) electrons. The van der Waals surface area contributed by atoms with Crippen molar-refractivity contribution in [3.05, 3.63) is 29.3 Å². The van der Waals surface area contributed by atoms with Crippen molar-refractivity contribution in [2.24, 2.45) is 0 Å². The molecule has 5 heteroatoms. The van der Waals surface area contributed by atoms with Crippen LogP contribution in [0.5, 0.6) is 0 Å². The highest BCUT2D eigenvalue weighted by Gasteiger charge is 2.37. The molecule has 0 unspecified atom stereocenters. The highest BCUT2D eigenvalue weighted by atomic mass is 16.4. The van der Waals surface area contributed by atoms with E-state index in [1.807, 2.05) is 32.0 Å². The number of hydrogen-bond acceptors (Lipinski definition) is 2. The Morgan fingerprint density at radius 1 is 1.24 bits per heavy atom. The molecule has 0 aliphatic rings. The van der Waals surface area contributed by atoms with Crippen molar-refractivity contribution < 1.29 is 14.7 Å². The molecule has 0 aliphatic carbocycles. The quantitative estimate of drug-likeness (QED) is 0.876. The molecule has 0 bridgehead atoms. The molecule has 0 heterocycles. The van der Waals surface area contributed by atoms with Gasteiger partial charge in [-0.1, -0.05) is 31.5 Å². The minimum Gasteiger partial charge on any atom is -0.480 e. The number of nitrogens with one attached hydrogen (secondary N) is 1. The van der Waals surface area contributed by atoms with E-state index < -0.39 is 17.5 Å². The first-order chi connectivity index (χ1) is 9.77. The zero-order valence-electron chi connectivity index (χ0n) is 13.4. The second-order valence-electron chi connectivity index (χ2n) is 5.37. The standard InChI is InChI=1S/C16H24N2O3/c1-6-16(7-2,14(19)20)17-15(21)18(5)13-9-8-11(3)10-12(13)4/h8-10H,6-7H2,1-5H3,(H,17,21)(H,19,20). The van der Waals surface area contributed by atoms with Crippen molar-refractivity contribution in [2.75, 3.05) is 11.9 Å². The van der Waals surface area contributed by atoms with Gasteiger partial charge in [0.15, 0.2) is 0 Å². The molecule has 0 fully saturated rings. The summed E-state index contributed by atoms with van der Waals surface area (Å²) in [7, 11) is 1.64. The van der Waals surface area contributed by atoms with Crippen molar-refractivity contribution >= 4 is 17.7 Å². The second-order valence-corrected chi connectivity index (χ2v) is 5.37. The fourth-order valence-corrected chi connectivity index (χ4v) is 2.36. The minimum absolute atomic E-state index is 0.339. The zero-order chi connectivity index (χ0) is 16.2. The van der Waals surface area contributed by atoms with Gasteiger partial charge in [-0.3, -0.25) is 4.90 Å². The van der Waals surface area contributed by atoms with E-state index in [0.717, 1.165) is 16.8 Å². The van der Waals surface area contributed by atoms with E-state index in [4.69, 9.17) is 0 Å². The molecule has 2 amide bonds. The summed E-state index contributed by atoms with van der Waals surface area (Å²) in [5.74, 6) is -1.00. The predicted molar refractivity (Wildman–Crippen MR) is 83.8 cm³/mol. The molecule has 0 aliphatic heterocycles. The van der Waals surface area contributed by atoms with Gasteiger partial charge in [-0.25, -0.2) is 9.59 Å². The van der Waals surface area contributed by atoms with E-state index in [2.05, 4.69) is 5.32 Å². The Labute approximate surface area is 126 Å². The van der Waals surface area contributed by atoms with E-state index in [-0.39, 0.29) is 0 Å². The largest absolute Gasteiger partial charge is 0.480 e. The fourth-order valence-electron chi connectivity index (χ4n) is 2.36. The van der Waals surface area contributed by atoms with Crippen molar-refractivity contribution in [3.8, 4) is 0 Å². The Kier molecular flexibility index (Phi) is 5.35. The van der Waals surface area contributed by atoms with Gasteiger partial charge in [-0.05, 0) is 38.3 Å². The van der Waals surface area contributed by atoms with E-state index in [1.165, 1.54) is 4.90 Å². The van der Waals surface area contributed by atoms with Gasteiger partial charge in [-0.2, -0.15) is 0 Å². The number of aryl methyl sites for hydroxylation is 2. The summed E-state index contributed by atoms with van der Waals surface area (Å²) in [6.07, 6.45) is 0.677. The van der Waals surface area contributed by atoms with Gasteiger partial charge < -0.3 is 10.4 Å². The maximum Gasteiger partial charge on any atom is 0.329 e. The maximum atomic E-state index is 12.4. The number of carbonyl (C=O) groups is 2. The number of carbonyl (C=O) groups excluding carboxylic acids is 1. The number of aliphatic carboxylic acids is 1. The molecular formula is C16H24N2O3. The summed E-state index contributed by atoms with van der Waals surface area (Å²) in [6.45, 7) is 7.43. The number of hydrogen-bond donors (Lipinski definition) is 2. The van der Waals surface area contributed by atoms with Gasteiger partial charge in [0.25, 0.3) is 0 Å². The molecule has 0 saturated heterocycles. The normalized spacial score (nSPS) is 11.1. The molecule has 0 saturated carbocycles. The molecule has 21 heavy (non-hydrogen) atoms. The number of nitrogens with zero attached hydrogens (tertiary/aromatic N) is 1. The SMILES string of the molecule is CCC(CC)(NC(=O)N(C)c1ccc(C)cc1C)C(=O)O. The molecule has 5 nitrogen and oxygen atoms in total. The highest BCUT2D eigenvalue weighted by molar-refractivity contribution is 5.96. The van der Waals surface area contributed by atoms with Crippen LogP contribution in [0.15, 0.2) is 18.2 Å². The van der Waals surface area contributed by atoms with Gasteiger partial charge in [0.2, 0.25) is 0 Å². The van der Waals surface area contributed by atoms with E-state index in [1.54, 1.807) is 20.9 Å². The van der Waals surface area contributed by atoms with Gasteiger partial charge in [0.05, 0.1) is 0 Å². The smallest absolute Gasteiger partial charge is 0.329 e. The summed E-state index contributed by atoms with van der Waals surface area (Å²) in [5, 5.41) is 12.0. The Hall–Kier alpha value is -2.04. The molecular weight excluding hydrogens is 268 g/mol. The lowest BCUT2D eigenvalue weighted by molar-refractivity contribution is -0.144. The fraction of sp³-hybridized carbons (Fsp3) is 0.500. The molecule has 116 valence electrons. The molecule has 1 aromatic carbocycles. The Morgan fingerprint density at radius 3 is 2.24 bits per heavy atom. The third kappa shape index (κ3) is 3.54. The maximum absolute atomic E-state index is 12.4. The lowest BCUT2D eigenvalue weighted by Gasteiger charge is -2.31. The first kappa shape index (κ1) is 17.0. The van der Waals surface area contributed by atoms with E-state index in [0.29, 0.717) is 12.8 Å². The Bertz CT molecular complexity index is 536. The van der Waals surface area contributed by atoms with Crippen LogP contribution in [0.3, 0.4) is 0 Å². The lowest BCUT2D eigenvalue weighted by atomic mass is 9.93. The number of carboxylic acids is 1. The number of urea groups is 1. The molecule has 1 rings (SSSR count). The summed E-state index contributed by atoms with van der Waals surface area (Å²) in [5.41, 5.74) is 1.64. The minimum atomic E-state index is -1.22. The predicted octanol–water partition coefficient (Wildman–Crippen LogP) is 3.09. The highest BCUT2D eigenvalue weighted by Crippen LogP contribution is 2.22. The van der Waals surface area contributed by atoms with Crippen LogP contribution >= 0.6 is 0 Å². The molecule has 0 aromatic heterocycles. The van der Waals surface area contributed by atoms with E-state index >= 15 is 0 Å². The number of rotatable bonds is 5. The topological polar surface area (TPSA) is 69.6 Å². The van der Waals surface area contributed by atoms with Crippen molar-refractivity contribution in [3.63, 3.8) is 0 Å². The lowest BCUT2D eigenvalue weighted by Crippen LogP contribution is -2.57. The van der Waals surface area contributed by atoms with Crippen molar-refractivity contribution in [1.82, 2.24) is 5.32 Å². The van der Waals surface area contributed by atoms with Gasteiger partial charge >= 0.3 is 12.0 Å². The van der Waals surface area contributed by atoms with Crippen LogP contribution in [0.2, 0.25) is 0 Å². The van der Waals surface area contributed by atoms with Crippen molar-refractivity contribution in [1.29, 1.82) is 0 Å². The third-order valence-electron chi connectivity index (χ3n) is 3.98. The number of carboxylic acid groups (broad SMARTS) is 1. The number of benzene rings is 1. The molecule has 0 spiro atoms. The average Bonchev–Trinajstić information content (AvgIpc) is 2.43. The van der Waals surface area contributed by atoms with Crippen LogP contribution in [0.4, 0.5) is 10.5 Å². The van der Waals surface area contributed by atoms with E-state index in [9.17, 15) is 14.7 Å². The summed E-state index contributed by atoms with van der Waals surface area (Å²) in [4.78, 5) is 25.3. The first-order valence-electron chi connectivity index (χ1n) is 7.14. The summed E-state index contributed by atoms with van der Waals surface area (Å²) in [6, 6.07) is 5.37. The summed E-state index contributed by atoms with van der Waals surface area (Å²) < 4.78 is 0. The average molecular weight is 292 g/mol. The molecule has 0 atom stereocenters. The zero-order valence-corrected chi connectivity index (χ0v) is 13.4. The van der Waals surface area contributed by atoms with Crippen LogP contribution < -0.4 is 10.2 Å². The van der Waals surface area contributed by atoms with Gasteiger partial charge in [-0.15, -0.1) is 0 Å². The van der Waals surface area contributed by atoms with Crippen LogP contribution in [-0.4, -0.2) is 29.7 Å². The first-order valence-corrected chi connectivity index (χ1v) is 7.14. The van der Waals surface area contributed by atoms with Gasteiger partial charge in [0, 0.05) is 12.7 Å². The second kappa shape index (κ2) is 6.61. The molecule has 1 aromatic rings. The van der Waals surface area contributed by atoms with Crippen LogP contribution in [0, 0.1) is 13.8 Å².